The highest BCUT2D eigenvalue weighted by atomic mass is 19.4. The average Bonchev–Trinajstić information content (AvgIpc) is 2.21. The highest BCUT2D eigenvalue weighted by Gasteiger charge is 2.29. The molecule has 0 aliphatic rings. The molecule has 96 valence electrons. The van der Waals surface area contributed by atoms with Crippen molar-refractivity contribution < 1.29 is 13.2 Å². The molecular weight excluding hydrogens is 229 g/mol. The van der Waals surface area contributed by atoms with E-state index in [1.807, 2.05) is 32.0 Å². The first kappa shape index (κ1) is 14.0. The summed E-state index contributed by atoms with van der Waals surface area (Å²) in [4.78, 5) is 0. The molecule has 5 heteroatoms. The second kappa shape index (κ2) is 5.51. The molecule has 0 aromatic heterocycles. The Morgan fingerprint density at radius 3 is 2.18 bits per heavy atom. The van der Waals surface area contributed by atoms with Gasteiger partial charge < -0.3 is 0 Å². The Bertz CT molecular complexity index is 354. The van der Waals surface area contributed by atoms with Gasteiger partial charge in [0.2, 0.25) is 0 Å². The summed E-state index contributed by atoms with van der Waals surface area (Å²) >= 11 is 0. The number of aryl methyl sites for hydroxylation is 2. The van der Waals surface area contributed by atoms with Crippen molar-refractivity contribution in [2.24, 2.45) is 5.84 Å². The number of hydrogen-bond donors (Lipinski definition) is 2. The Morgan fingerprint density at radius 1 is 1.24 bits per heavy atom. The number of benzene rings is 1. The maximum atomic E-state index is 12.2. The summed E-state index contributed by atoms with van der Waals surface area (Å²) in [6.07, 6.45) is -5.03. The van der Waals surface area contributed by atoms with Gasteiger partial charge in [-0.1, -0.05) is 18.2 Å². The van der Waals surface area contributed by atoms with Crippen LogP contribution in [-0.4, -0.2) is 6.18 Å². The maximum absolute atomic E-state index is 12.2. The van der Waals surface area contributed by atoms with Crippen molar-refractivity contribution in [3.63, 3.8) is 0 Å². The first-order chi connectivity index (χ1) is 7.85. The standard InChI is InChI=1S/C12H17F3N2/c1-8-4-3-5-9(2)11(8)10(17-16)6-7-12(13,14)15/h3-5,10,17H,6-7,16H2,1-2H3. The van der Waals surface area contributed by atoms with Crippen LogP contribution in [0.5, 0.6) is 0 Å². The van der Waals surface area contributed by atoms with E-state index in [1.54, 1.807) is 0 Å². The molecule has 0 spiro atoms. The summed E-state index contributed by atoms with van der Waals surface area (Å²) < 4.78 is 36.6. The predicted molar refractivity (Wildman–Crippen MR) is 61.3 cm³/mol. The normalized spacial score (nSPS) is 13.8. The van der Waals surface area contributed by atoms with Crippen LogP contribution in [0.1, 0.15) is 35.6 Å². The quantitative estimate of drug-likeness (QED) is 0.632. The number of hydrogen-bond acceptors (Lipinski definition) is 2. The zero-order valence-corrected chi connectivity index (χ0v) is 9.93. The van der Waals surface area contributed by atoms with Crippen LogP contribution >= 0.6 is 0 Å². The van der Waals surface area contributed by atoms with Crippen LogP contribution in [-0.2, 0) is 0 Å². The number of halogens is 3. The van der Waals surface area contributed by atoms with Crippen LogP contribution in [0, 0.1) is 13.8 Å². The molecule has 17 heavy (non-hydrogen) atoms. The van der Waals surface area contributed by atoms with Crippen molar-refractivity contribution in [2.75, 3.05) is 0 Å². The molecule has 2 nitrogen and oxygen atoms in total. The van der Waals surface area contributed by atoms with Crippen molar-refractivity contribution in [1.82, 2.24) is 5.43 Å². The van der Waals surface area contributed by atoms with Crippen molar-refractivity contribution in [2.45, 2.75) is 38.9 Å². The summed E-state index contributed by atoms with van der Waals surface area (Å²) in [5.41, 5.74) is 5.24. The molecule has 0 amide bonds. The monoisotopic (exact) mass is 246 g/mol. The molecule has 1 aromatic carbocycles. The Balaban J connectivity index is 2.87. The predicted octanol–water partition coefficient (Wildman–Crippen LogP) is 3.15. The molecule has 0 radical (unpaired) electrons. The van der Waals surface area contributed by atoms with Gasteiger partial charge in [-0.25, -0.2) is 0 Å². The SMILES string of the molecule is Cc1cccc(C)c1C(CCC(F)(F)F)NN. The van der Waals surface area contributed by atoms with Gasteiger partial charge in [0.1, 0.15) is 0 Å². The molecule has 0 saturated heterocycles. The third kappa shape index (κ3) is 4.02. The lowest BCUT2D eigenvalue weighted by Gasteiger charge is -2.21. The van der Waals surface area contributed by atoms with Crippen LogP contribution in [0.3, 0.4) is 0 Å². The molecule has 1 atom stereocenters. The number of hydrazine groups is 1. The summed E-state index contributed by atoms with van der Waals surface area (Å²) in [6.45, 7) is 3.75. The van der Waals surface area contributed by atoms with E-state index in [9.17, 15) is 13.2 Å². The van der Waals surface area contributed by atoms with Gasteiger partial charge >= 0.3 is 6.18 Å². The Kier molecular flexibility index (Phi) is 4.54. The Hall–Kier alpha value is -1.07. The van der Waals surface area contributed by atoms with Gasteiger partial charge in [-0.3, -0.25) is 11.3 Å². The van der Waals surface area contributed by atoms with Gasteiger partial charge in [0.05, 0.1) is 0 Å². The van der Waals surface area contributed by atoms with Gasteiger partial charge in [0.15, 0.2) is 0 Å². The van der Waals surface area contributed by atoms with E-state index in [0.717, 1.165) is 16.7 Å². The summed E-state index contributed by atoms with van der Waals surface area (Å²) in [5.74, 6) is 5.35. The Morgan fingerprint density at radius 2 is 1.76 bits per heavy atom. The topological polar surface area (TPSA) is 38.0 Å². The van der Waals surface area contributed by atoms with Gasteiger partial charge in [-0.15, -0.1) is 0 Å². The first-order valence-electron chi connectivity index (χ1n) is 5.44. The van der Waals surface area contributed by atoms with E-state index >= 15 is 0 Å². The minimum Gasteiger partial charge on any atom is -0.271 e. The van der Waals surface area contributed by atoms with E-state index in [1.165, 1.54) is 0 Å². The van der Waals surface area contributed by atoms with Crippen molar-refractivity contribution in [3.8, 4) is 0 Å². The molecular formula is C12H17F3N2. The highest BCUT2D eigenvalue weighted by Crippen LogP contribution is 2.30. The minimum atomic E-state index is -4.15. The average molecular weight is 246 g/mol. The van der Waals surface area contributed by atoms with E-state index in [0.29, 0.717) is 0 Å². The zero-order chi connectivity index (χ0) is 13.1. The second-order valence-electron chi connectivity index (χ2n) is 4.18. The molecule has 0 aliphatic heterocycles. The summed E-state index contributed by atoms with van der Waals surface area (Å²) in [6, 6.07) is 5.17. The molecule has 3 N–H and O–H groups in total. The largest absolute Gasteiger partial charge is 0.389 e. The lowest BCUT2D eigenvalue weighted by Crippen LogP contribution is -2.30. The van der Waals surface area contributed by atoms with Crippen LogP contribution in [0.25, 0.3) is 0 Å². The molecule has 1 unspecified atom stereocenters. The van der Waals surface area contributed by atoms with E-state index in [-0.39, 0.29) is 6.42 Å². The van der Waals surface area contributed by atoms with Gasteiger partial charge in [0.25, 0.3) is 0 Å². The van der Waals surface area contributed by atoms with Crippen LogP contribution in [0.2, 0.25) is 0 Å². The lowest BCUT2D eigenvalue weighted by molar-refractivity contribution is -0.136. The fraction of sp³-hybridized carbons (Fsp3) is 0.500. The molecule has 1 rings (SSSR count). The summed E-state index contributed by atoms with van der Waals surface area (Å²) in [7, 11) is 0. The number of nitrogens with two attached hydrogens (primary N) is 1. The minimum absolute atomic E-state index is 0.0499. The van der Waals surface area contributed by atoms with Crippen LogP contribution in [0.4, 0.5) is 13.2 Å². The van der Waals surface area contributed by atoms with Crippen LogP contribution in [0.15, 0.2) is 18.2 Å². The highest BCUT2D eigenvalue weighted by molar-refractivity contribution is 5.36. The van der Waals surface area contributed by atoms with Crippen molar-refractivity contribution in [3.05, 3.63) is 34.9 Å². The second-order valence-corrected chi connectivity index (χ2v) is 4.18. The third-order valence-electron chi connectivity index (χ3n) is 2.81. The number of nitrogens with one attached hydrogen (secondary N) is 1. The van der Waals surface area contributed by atoms with E-state index < -0.39 is 18.6 Å². The Labute approximate surface area is 99.0 Å². The lowest BCUT2D eigenvalue weighted by atomic mass is 9.93. The smallest absolute Gasteiger partial charge is 0.271 e. The zero-order valence-electron chi connectivity index (χ0n) is 9.93. The van der Waals surface area contributed by atoms with Crippen LogP contribution < -0.4 is 11.3 Å². The molecule has 0 fully saturated rings. The first-order valence-corrected chi connectivity index (χ1v) is 5.44. The number of alkyl halides is 3. The molecule has 1 aromatic rings. The molecule has 0 saturated carbocycles. The molecule has 0 bridgehead atoms. The fourth-order valence-corrected chi connectivity index (χ4v) is 2.00. The van der Waals surface area contributed by atoms with Gasteiger partial charge in [-0.2, -0.15) is 13.2 Å². The maximum Gasteiger partial charge on any atom is 0.389 e. The van der Waals surface area contributed by atoms with E-state index in [4.69, 9.17) is 5.84 Å². The van der Waals surface area contributed by atoms with Gasteiger partial charge in [0, 0.05) is 12.5 Å². The number of rotatable bonds is 4. The third-order valence-corrected chi connectivity index (χ3v) is 2.81. The van der Waals surface area contributed by atoms with E-state index in [2.05, 4.69) is 5.43 Å². The van der Waals surface area contributed by atoms with Crippen molar-refractivity contribution in [1.29, 1.82) is 0 Å². The fourth-order valence-electron chi connectivity index (χ4n) is 2.00. The van der Waals surface area contributed by atoms with Gasteiger partial charge in [-0.05, 0) is 37.0 Å². The molecule has 0 aliphatic carbocycles. The molecule has 0 heterocycles. The van der Waals surface area contributed by atoms with Crippen molar-refractivity contribution >= 4 is 0 Å². The summed E-state index contributed by atoms with van der Waals surface area (Å²) in [5, 5.41) is 0.